The van der Waals surface area contributed by atoms with Gasteiger partial charge >= 0.3 is 0 Å². The van der Waals surface area contributed by atoms with Crippen molar-refractivity contribution in [1.82, 2.24) is 5.32 Å². The summed E-state index contributed by atoms with van der Waals surface area (Å²) in [5, 5.41) is 5.44. The molecular formula is C14H21N3O3. The van der Waals surface area contributed by atoms with E-state index < -0.39 is 6.04 Å². The van der Waals surface area contributed by atoms with E-state index in [1.807, 2.05) is 13.8 Å². The monoisotopic (exact) mass is 279 g/mol. The Morgan fingerprint density at radius 3 is 2.65 bits per heavy atom. The molecule has 0 aliphatic carbocycles. The van der Waals surface area contributed by atoms with Gasteiger partial charge in [-0.3, -0.25) is 9.59 Å². The molecule has 0 heterocycles. The molecule has 1 aromatic carbocycles. The molecule has 0 bridgehead atoms. The van der Waals surface area contributed by atoms with Gasteiger partial charge in [-0.25, -0.2) is 0 Å². The minimum atomic E-state index is -0.720. The summed E-state index contributed by atoms with van der Waals surface area (Å²) >= 11 is 0. The Morgan fingerprint density at radius 1 is 1.40 bits per heavy atom. The van der Waals surface area contributed by atoms with Crippen molar-refractivity contribution >= 4 is 17.5 Å². The second-order valence-electron chi connectivity index (χ2n) is 4.44. The van der Waals surface area contributed by atoms with Crippen LogP contribution < -0.4 is 16.4 Å². The lowest BCUT2D eigenvalue weighted by atomic mass is 10.1. The third-order valence-corrected chi connectivity index (χ3v) is 2.77. The Hall–Kier alpha value is -1.92. The van der Waals surface area contributed by atoms with Gasteiger partial charge in [-0.1, -0.05) is 0 Å². The van der Waals surface area contributed by atoms with Gasteiger partial charge < -0.3 is 21.1 Å². The van der Waals surface area contributed by atoms with E-state index in [0.717, 1.165) is 5.56 Å². The van der Waals surface area contributed by atoms with Gasteiger partial charge in [-0.2, -0.15) is 0 Å². The smallest absolute Gasteiger partial charge is 0.251 e. The molecule has 6 nitrogen and oxygen atoms in total. The molecule has 6 heteroatoms. The van der Waals surface area contributed by atoms with Gasteiger partial charge in [-0.15, -0.1) is 0 Å². The summed E-state index contributed by atoms with van der Waals surface area (Å²) in [4.78, 5) is 23.5. The lowest BCUT2D eigenvalue weighted by Crippen LogP contribution is -2.39. The molecule has 4 N–H and O–H groups in total. The first-order valence-electron chi connectivity index (χ1n) is 6.43. The molecule has 0 radical (unpaired) electrons. The molecule has 1 aromatic rings. The van der Waals surface area contributed by atoms with Crippen LogP contribution in [0.1, 0.15) is 22.8 Å². The highest BCUT2D eigenvalue weighted by Gasteiger charge is 2.14. The van der Waals surface area contributed by atoms with Crippen LogP contribution in [0.2, 0.25) is 0 Å². The fourth-order valence-electron chi connectivity index (χ4n) is 1.69. The Morgan fingerprint density at radius 2 is 2.10 bits per heavy atom. The standard InChI is InChI=1S/C14H21N3O3/c1-4-16-13(18)10-5-6-12(9(2)7-10)17-14(19)11(15)8-20-3/h5-7,11H,4,8,15H2,1-3H3,(H,16,18)(H,17,19). The summed E-state index contributed by atoms with van der Waals surface area (Å²) < 4.78 is 4.83. The summed E-state index contributed by atoms with van der Waals surface area (Å²) in [6, 6.07) is 4.36. The third-order valence-electron chi connectivity index (χ3n) is 2.77. The summed E-state index contributed by atoms with van der Waals surface area (Å²) in [5.74, 6) is -0.453. The predicted octanol–water partition coefficient (Wildman–Crippen LogP) is 0.657. The summed E-state index contributed by atoms with van der Waals surface area (Å²) in [7, 11) is 1.49. The molecule has 0 aliphatic rings. The molecule has 110 valence electrons. The number of aryl methyl sites for hydroxylation is 1. The molecule has 0 saturated heterocycles. The van der Waals surface area contributed by atoms with E-state index in [-0.39, 0.29) is 18.4 Å². The van der Waals surface area contributed by atoms with Gasteiger partial charge in [0.15, 0.2) is 0 Å². The number of amides is 2. The van der Waals surface area contributed by atoms with Crippen LogP contribution in [-0.4, -0.2) is 38.1 Å². The van der Waals surface area contributed by atoms with E-state index in [2.05, 4.69) is 10.6 Å². The molecule has 0 aliphatic heterocycles. The van der Waals surface area contributed by atoms with Gasteiger partial charge in [0.2, 0.25) is 5.91 Å². The maximum absolute atomic E-state index is 11.8. The number of methoxy groups -OCH3 is 1. The topological polar surface area (TPSA) is 93.5 Å². The average Bonchev–Trinajstić information content (AvgIpc) is 2.41. The summed E-state index contributed by atoms with van der Waals surface area (Å²) in [6.07, 6.45) is 0. The number of nitrogens with one attached hydrogen (secondary N) is 2. The van der Waals surface area contributed by atoms with Crippen molar-refractivity contribution in [1.29, 1.82) is 0 Å². The Balaban J connectivity index is 2.78. The molecule has 0 fully saturated rings. The molecule has 1 unspecified atom stereocenters. The van der Waals surface area contributed by atoms with Gasteiger partial charge in [0.1, 0.15) is 6.04 Å². The number of nitrogens with two attached hydrogens (primary N) is 1. The number of carbonyl (C=O) groups excluding carboxylic acids is 2. The zero-order chi connectivity index (χ0) is 15.1. The van der Waals surface area contributed by atoms with Crippen LogP contribution in [0.5, 0.6) is 0 Å². The van der Waals surface area contributed by atoms with Crippen LogP contribution in [0.3, 0.4) is 0 Å². The van der Waals surface area contributed by atoms with E-state index >= 15 is 0 Å². The lowest BCUT2D eigenvalue weighted by molar-refractivity contribution is -0.118. The van der Waals surface area contributed by atoms with Crippen LogP contribution in [-0.2, 0) is 9.53 Å². The zero-order valence-corrected chi connectivity index (χ0v) is 12.0. The van der Waals surface area contributed by atoms with Crippen molar-refractivity contribution in [3.05, 3.63) is 29.3 Å². The normalized spacial score (nSPS) is 11.8. The maximum atomic E-state index is 11.8. The molecule has 2 amide bonds. The molecular weight excluding hydrogens is 258 g/mol. The molecule has 0 saturated carbocycles. The van der Waals surface area contributed by atoms with Crippen LogP contribution in [0, 0.1) is 6.92 Å². The Bertz CT molecular complexity index is 489. The molecule has 1 rings (SSSR count). The molecule has 0 spiro atoms. The van der Waals surface area contributed by atoms with Crippen LogP contribution in [0.15, 0.2) is 18.2 Å². The highest BCUT2D eigenvalue weighted by molar-refractivity contribution is 5.98. The number of carbonyl (C=O) groups is 2. The van der Waals surface area contributed by atoms with Crippen LogP contribution >= 0.6 is 0 Å². The number of ether oxygens (including phenoxy) is 1. The Kier molecular flexibility index (Phi) is 6.14. The highest BCUT2D eigenvalue weighted by Crippen LogP contribution is 2.16. The van der Waals surface area contributed by atoms with E-state index in [1.54, 1.807) is 18.2 Å². The van der Waals surface area contributed by atoms with Crippen LogP contribution in [0.25, 0.3) is 0 Å². The van der Waals surface area contributed by atoms with Crippen molar-refractivity contribution in [3.8, 4) is 0 Å². The first-order valence-corrected chi connectivity index (χ1v) is 6.43. The number of anilines is 1. The molecule has 20 heavy (non-hydrogen) atoms. The van der Waals surface area contributed by atoms with E-state index in [0.29, 0.717) is 17.8 Å². The van der Waals surface area contributed by atoms with E-state index in [4.69, 9.17) is 10.5 Å². The van der Waals surface area contributed by atoms with Crippen LogP contribution in [0.4, 0.5) is 5.69 Å². The predicted molar refractivity (Wildman–Crippen MR) is 77.7 cm³/mol. The minimum absolute atomic E-state index is 0.135. The fourth-order valence-corrected chi connectivity index (χ4v) is 1.69. The highest BCUT2D eigenvalue weighted by atomic mass is 16.5. The van der Waals surface area contributed by atoms with Gasteiger partial charge in [-0.05, 0) is 37.6 Å². The number of rotatable bonds is 6. The van der Waals surface area contributed by atoms with Crippen molar-refractivity contribution < 1.29 is 14.3 Å². The third kappa shape index (κ3) is 4.32. The second kappa shape index (κ2) is 7.62. The van der Waals surface area contributed by atoms with E-state index in [9.17, 15) is 9.59 Å². The minimum Gasteiger partial charge on any atom is -0.383 e. The largest absolute Gasteiger partial charge is 0.383 e. The van der Waals surface area contributed by atoms with Crippen molar-refractivity contribution in [2.24, 2.45) is 5.73 Å². The quantitative estimate of drug-likeness (QED) is 0.713. The average molecular weight is 279 g/mol. The fraction of sp³-hybridized carbons (Fsp3) is 0.429. The van der Waals surface area contributed by atoms with Crippen molar-refractivity contribution in [2.45, 2.75) is 19.9 Å². The van der Waals surface area contributed by atoms with Gasteiger partial charge in [0.25, 0.3) is 5.91 Å². The van der Waals surface area contributed by atoms with Gasteiger partial charge in [0, 0.05) is 24.9 Å². The maximum Gasteiger partial charge on any atom is 0.251 e. The lowest BCUT2D eigenvalue weighted by Gasteiger charge is -2.13. The first-order chi connectivity index (χ1) is 9.49. The number of hydrogen-bond donors (Lipinski definition) is 3. The first kappa shape index (κ1) is 16.1. The summed E-state index contributed by atoms with van der Waals surface area (Å²) in [6.45, 7) is 4.40. The molecule has 1 atom stereocenters. The Labute approximate surface area is 118 Å². The van der Waals surface area contributed by atoms with Crippen molar-refractivity contribution in [2.75, 3.05) is 25.6 Å². The van der Waals surface area contributed by atoms with Crippen molar-refractivity contribution in [3.63, 3.8) is 0 Å². The molecule has 0 aromatic heterocycles. The van der Waals surface area contributed by atoms with Gasteiger partial charge in [0.05, 0.1) is 6.61 Å². The zero-order valence-electron chi connectivity index (χ0n) is 12.0. The number of benzene rings is 1. The second-order valence-corrected chi connectivity index (χ2v) is 4.44. The SMILES string of the molecule is CCNC(=O)c1ccc(NC(=O)C(N)COC)c(C)c1. The summed E-state index contributed by atoms with van der Waals surface area (Å²) in [5.41, 5.74) is 7.63. The van der Waals surface area contributed by atoms with E-state index in [1.165, 1.54) is 7.11 Å². The number of hydrogen-bond acceptors (Lipinski definition) is 4.